The van der Waals surface area contributed by atoms with Crippen LogP contribution in [-0.4, -0.2) is 5.78 Å². The SMILES string of the molecule is CC(=O)c1ccc2c(c1)[C@@H]1C=CC[C@@H]1[C@@H](c1ccc(Br)cc1)N2. The molecule has 0 saturated heterocycles. The first-order valence-corrected chi connectivity index (χ1v) is 8.76. The van der Waals surface area contributed by atoms with E-state index in [1.807, 2.05) is 6.07 Å². The number of halogens is 1. The first-order chi connectivity index (χ1) is 11.1. The molecule has 0 spiro atoms. The van der Waals surface area contributed by atoms with Crippen molar-refractivity contribution in [2.75, 3.05) is 5.32 Å². The van der Waals surface area contributed by atoms with Crippen molar-refractivity contribution in [3.63, 3.8) is 0 Å². The summed E-state index contributed by atoms with van der Waals surface area (Å²) in [5, 5.41) is 3.70. The average molecular weight is 368 g/mol. The Labute approximate surface area is 144 Å². The van der Waals surface area contributed by atoms with Crippen molar-refractivity contribution in [2.24, 2.45) is 5.92 Å². The predicted octanol–water partition coefficient (Wildman–Crippen LogP) is 5.48. The fourth-order valence-electron chi connectivity index (χ4n) is 3.81. The normalized spacial score (nSPS) is 24.7. The second-order valence-electron chi connectivity index (χ2n) is 6.39. The van der Waals surface area contributed by atoms with E-state index in [0.29, 0.717) is 17.9 Å². The number of carbonyl (C=O) groups is 1. The van der Waals surface area contributed by atoms with Gasteiger partial charge in [-0.15, -0.1) is 0 Å². The van der Waals surface area contributed by atoms with Crippen LogP contribution in [0.25, 0.3) is 0 Å². The van der Waals surface area contributed by atoms with E-state index in [1.54, 1.807) is 6.92 Å². The number of benzene rings is 2. The summed E-state index contributed by atoms with van der Waals surface area (Å²) >= 11 is 3.51. The molecule has 4 rings (SSSR count). The zero-order chi connectivity index (χ0) is 16.0. The molecule has 1 aliphatic heterocycles. The minimum absolute atomic E-state index is 0.126. The lowest BCUT2D eigenvalue weighted by Crippen LogP contribution is -2.29. The Bertz CT molecular complexity index is 794. The lowest BCUT2D eigenvalue weighted by Gasteiger charge is -2.37. The van der Waals surface area contributed by atoms with E-state index < -0.39 is 0 Å². The third kappa shape index (κ3) is 2.53. The lowest BCUT2D eigenvalue weighted by molar-refractivity contribution is 0.101. The number of hydrogen-bond acceptors (Lipinski definition) is 2. The largest absolute Gasteiger partial charge is 0.378 e. The summed E-state index contributed by atoms with van der Waals surface area (Å²) in [4.78, 5) is 11.7. The molecule has 23 heavy (non-hydrogen) atoms. The third-order valence-electron chi connectivity index (χ3n) is 5.00. The summed E-state index contributed by atoms with van der Waals surface area (Å²) < 4.78 is 1.10. The Morgan fingerprint density at radius 3 is 2.70 bits per heavy atom. The van der Waals surface area contributed by atoms with Gasteiger partial charge in [0.1, 0.15) is 0 Å². The second-order valence-corrected chi connectivity index (χ2v) is 7.30. The highest BCUT2D eigenvalue weighted by molar-refractivity contribution is 9.10. The van der Waals surface area contributed by atoms with Crippen LogP contribution < -0.4 is 5.32 Å². The van der Waals surface area contributed by atoms with Gasteiger partial charge in [-0.25, -0.2) is 0 Å². The van der Waals surface area contributed by atoms with Gasteiger partial charge >= 0.3 is 0 Å². The van der Waals surface area contributed by atoms with Crippen LogP contribution in [0.1, 0.15) is 46.8 Å². The van der Waals surface area contributed by atoms with Crippen molar-refractivity contribution in [2.45, 2.75) is 25.3 Å². The van der Waals surface area contributed by atoms with E-state index in [2.05, 4.69) is 69.8 Å². The first-order valence-electron chi connectivity index (χ1n) is 7.97. The molecule has 1 aliphatic carbocycles. The molecule has 0 radical (unpaired) electrons. The van der Waals surface area contributed by atoms with Gasteiger partial charge in [0.2, 0.25) is 0 Å². The van der Waals surface area contributed by atoms with Gasteiger partial charge in [-0.2, -0.15) is 0 Å². The van der Waals surface area contributed by atoms with Crippen LogP contribution >= 0.6 is 15.9 Å². The van der Waals surface area contributed by atoms with Crippen molar-refractivity contribution in [1.29, 1.82) is 0 Å². The van der Waals surface area contributed by atoms with E-state index in [-0.39, 0.29) is 5.78 Å². The van der Waals surface area contributed by atoms with Crippen LogP contribution in [0, 0.1) is 5.92 Å². The standard InChI is InChI=1S/C20H18BrNO/c1-12(23)14-7-10-19-18(11-14)16-3-2-4-17(16)20(22-19)13-5-8-15(21)9-6-13/h2-3,5-11,16-17,20,22H,4H2,1H3/t16-,17+,20-/m1/s1. The number of fused-ring (bicyclic) bond motifs is 3. The Morgan fingerprint density at radius 2 is 1.96 bits per heavy atom. The summed E-state index contributed by atoms with van der Waals surface area (Å²) in [7, 11) is 0. The molecular formula is C20H18BrNO. The van der Waals surface area contributed by atoms with Gasteiger partial charge in [-0.1, -0.05) is 40.2 Å². The molecule has 116 valence electrons. The molecular weight excluding hydrogens is 350 g/mol. The number of rotatable bonds is 2. The van der Waals surface area contributed by atoms with E-state index in [9.17, 15) is 4.79 Å². The minimum Gasteiger partial charge on any atom is -0.378 e. The fraction of sp³-hybridized carbons (Fsp3) is 0.250. The molecule has 1 heterocycles. The summed E-state index contributed by atoms with van der Waals surface area (Å²) in [5.41, 5.74) is 4.51. The number of hydrogen-bond donors (Lipinski definition) is 1. The van der Waals surface area contributed by atoms with Crippen molar-refractivity contribution < 1.29 is 4.79 Å². The van der Waals surface area contributed by atoms with Crippen LogP contribution in [0.5, 0.6) is 0 Å². The topological polar surface area (TPSA) is 29.1 Å². The maximum absolute atomic E-state index is 11.7. The Kier molecular flexibility index (Phi) is 3.61. The van der Waals surface area contributed by atoms with Gasteiger partial charge in [0.25, 0.3) is 0 Å². The second kappa shape index (κ2) is 5.64. The fourth-order valence-corrected chi connectivity index (χ4v) is 4.08. The quantitative estimate of drug-likeness (QED) is 0.562. The highest BCUT2D eigenvalue weighted by Gasteiger charge is 2.37. The van der Waals surface area contributed by atoms with Crippen molar-refractivity contribution >= 4 is 27.4 Å². The summed E-state index contributed by atoms with van der Waals surface area (Å²) in [6.45, 7) is 1.63. The summed E-state index contributed by atoms with van der Waals surface area (Å²) in [5.74, 6) is 1.02. The molecule has 0 amide bonds. The smallest absolute Gasteiger partial charge is 0.159 e. The van der Waals surface area contributed by atoms with Crippen molar-refractivity contribution in [3.05, 3.63) is 75.8 Å². The van der Waals surface area contributed by atoms with Crippen LogP contribution in [0.2, 0.25) is 0 Å². The number of carbonyl (C=O) groups excluding carboxylic acids is 1. The monoisotopic (exact) mass is 367 g/mol. The molecule has 0 unspecified atom stereocenters. The van der Waals surface area contributed by atoms with Gasteiger partial charge in [0, 0.05) is 21.6 Å². The molecule has 0 bridgehead atoms. The van der Waals surface area contributed by atoms with Gasteiger partial charge in [-0.05, 0) is 60.7 Å². The molecule has 1 N–H and O–H groups in total. The van der Waals surface area contributed by atoms with E-state index in [1.165, 1.54) is 11.1 Å². The Hall–Kier alpha value is -1.87. The van der Waals surface area contributed by atoms with Crippen LogP contribution in [-0.2, 0) is 0 Å². The molecule has 3 heteroatoms. The highest BCUT2D eigenvalue weighted by atomic mass is 79.9. The van der Waals surface area contributed by atoms with Gasteiger partial charge in [0.05, 0.1) is 6.04 Å². The van der Waals surface area contributed by atoms with E-state index >= 15 is 0 Å². The lowest BCUT2D eigenvalue weighted by atomic mass is 9.76. The molecule has 3 atom stereocenters. The Morgan fingerprint density at radius 1 is 1.17 bits per heavy atom. The minimum atomic E-state index is 0.126. The summed E-state index contributed by atoms with van der Waals surface area (Å²) in [6.07, 6.45) is 5.65. The van der Waals surface area contributed by atoms with Crippen molar-refractivity contribution in [3.8, 4) is 0 Å². The van der Waals surface area contributed by atoms with E-state index in [0.717, 1.165) is 22.1 Å². The molecule has 0 fully saturated rings. The van der Waals surface area contributed by atoms with Crippen LogP contribution in [0.3, 0.4) is 0 Å². The van der Waals surface area contributed by atoms with Crippen LogP contribution in [0.15, 0.2) is 59.1 Å². The molecule has 0 saturated carbocycles. The molecule has 2 aromatic rings. The molecule has 2 aromatic carbocycles. The molecule has 2 aliphatic rings. The van der Waals surface area contributed by atoms with Crippen LogP contribution in [0.4, 0.5) is 5.69 Å². The van der Waals surface area contributed by atoms with Gasteiger partial charge in [0.15, 0.2) is 5.78 Å². The van der Waals surface area contributed by atoms with Gasteiger partial charge in [-0.3, -0.25) is 4.79 Å². The van der Waals surface area contributed by atoms with E-state index in [4.69, 9.17) is 0 Å². The number of nitrogens with one attached hydrogen (secondary N) is 1. The van der Waals surface area contributed by atoms with Crippen molar-refractivity contribution in [1.82, 2.24) is 0 Å². The first kappa shape index (κ1) is 14.7. The summed E-state index contributed by atoms with van der Waals surface area (Å²) in [6, 6.07) is 14.9. The Balaban J connectivity index is 1.77. The number of Topliss-reactive ketones (excluding diaryl/α,β-unsaturated/α-hetero) is 1. The maximum Gasteiger partial charge on any atom is 0.159 e. The number of allylic oxidation sites excluding steroid dienone is 2. The third-order valence-corrected chi connectivity index (χ3v) is 5.53. The zero-order valence-electron chi connectivity index (χ0n) is 12.9. The predicted molar refractivity (Wildman–Crippen MR) is 96.9 cm³/mol. The molecule has 2 nitrogen and oxygen atoms in total. The average Bonchev–Trinajstić information content (AvgIpc) is 3.04. The maximum atomic E-state index is 11.7. The number of ketones is 1. The zero-order valence-corrected chi connectivity index (χ0v) is 14.5. The molecule has 0 aromatic heterocycles. The highest BCUT2D eigenvalue weighted by Crippen LogP contribution is 2.49. The van der Waals surface area contributed by atoms with Gasteiger partial charge < -0.3 is 5.32 Å². The number of anilines is 1.